The Balaban J connectivity index is 1.79. The van der Waals surface area contributed by atoms with E-state index in [1.807, 2.05) is 37.8 Å². The number of hydrogen-bond acceptors (Lipinski definition) is 3. The maximum atomic E-state index is 12.8. The van der Waals surface area contributed by atoms with Gasteiger partial charge in [0.05, 0.1) is 6.10 Å². The van der Waals surface area contributed by atoms with E-state index < -0.39 is 6.10 Å². The molecule has 0 aromatic heterocycles. The van der Waals surface area contributed by atoms with E-state index in [2.05, 4.69) is 17.9 Å². The van der Waals surface area contributed by atoms with Gasteiger partial charge in [0.25, 0.3) is 0 Å². The molecule has 1 fully saturated rings. The third-order valence-electron chi connectivity index (χ3n) is 5.19. The lowest BCUT2D eigenvalue weighted by Gasteiger charge is -2.30. The zero-order valence-corrected chi connectivity index (χ0v) is 15.4. The lowest BCUT2D eigenvalue weighted by atomic mass is 9.94. The number of anilines is 1. The number of rotatable bonds is 3. The number of benzene rings is 1. The number of carbonyl (C=O) groups is 1. The minimum Gasteiger partial charge on any atom is -0.387 e. The first kappa shape index (κ1) is 17.4. The average molecular weight is 330 g/mol. The van der Waals surface area contributed by atoms with Gasteiger partial charge in [-0.05, 0) is 56.5 Å². The van der Waals surface area contributed by atoms with Gasteiger partial charge in [-0.1, -0.05) is 32.9 Å². The second-order valence-electron chi connectivity index (χ2n) is 8.39. The van der Waals surface area contributed by atoms with Gasteiger partial charge in [0.1, 0.15) is 0 Å². The van der Waals surface area contributed by atoms with Crippen molar-refractivity contribution in [3.63, 3.8) is 0 Å². The van der Waals surface area contributed by atoms with Crippen molar-refractivity contribution in [3.05, 3.63) is 29.3 Å². The van der Waals surface area contributed by atoms with Gasteiger partial charge >= 0.3 is 0 Å². The normalized spacial score (nSPS) is 22.7. The van der Waals surface area contributed by atoms with Crippen molar-refractivity contribution in [2.24, 2.45) is 5.41 Å². The van der Waals surface area contributed by atoms with Crippen molar-refractivity contribution >= 4 is 11.6 Å². The van der Waals surface area contributed by atoms with Crippen LogP contribution in [0.4, 0.5) is 5.69 Å². The molecular weight excluding hydrogens is 300 g/mol. The molecule has 1 aromatic rings. The first-order valence-electron chi connectivity index (χ1n) is 9.14. The molecule has 0 aliphatic carbocycles. The summed E-state index contributed by atoms with van der Waals surface area (Å²) in [6.07, 6.45) is 2.88. The predicted octanol–water partition coefficient (Wildman–Crippen LogP) is 3.14. The number of hydrogen-bond donors (Lipinski definition) is 1. The molecule has 2 aliphatic rings. The number of nitrogens with zero attached hydrogens (tertiary/aromatic N) is 2. The van der Waals surface area contributed by atoms with Crippen molar-refractivity contribution in [2.45, 2.75) is 59.1 Å². The summed E-state index contributed by atoms with van der Waals surface area (Å²) in [4.78, 5) is 17.0. The summed E-state index contributed by atoms with van der Waals surface area (Å²) in [5.41, 5.74) is 2.78. The fraction of sp³-hybridized carbons (Fsp3) is 0.650. The molecule has 24 heavy (non-hydrogen) atoms. The molecule has 2 aliphatic heterocycles. The van der Waals surface area contributed by atoms with Crippen LogP contribution < -0.4 is 4.90 Å². The third kappa shape index (κ3) is 3.35. The van der Waals surface area contributed by atoms with Crippen LogP contribution in [0.2, 0.25) is 0 Å². The summed E-state index contributed by atoms with van der Waals surface area (Å²) in [6.45, 7) is 10.9. The highest BCUT2D eigenvalue weighted by molar-refractivity contribution is 5.99. The van der Waals surface area contributed by atoms with Crippen molar-refractivity contribution in [2.75, 3.05) is 24.5 Å². The minimum atomic E-state index is -0.448. The van der Waals surface area contributed by atoms with E-state index >= 15 is 0 Å². The Hall–Kier alpha value is -1.39. The maximum absolute atomic E-state index is 12.8. The molecule has 1 aromatic carbocycles. The van der Waals surface area contributed by atoms with Crippen LogP contribution in [0, 0.1) is 5.41 Å². The lowest BCUT2D eigenvalue weighted by Crippen LogP contribution is -2.42. The van der Waals surface area contributed by atoms with Gasteiger partial charge in [0.15, 0.2) is 0 Å². The summed E-state index contributed by atoms with van der Waals surface area (Å²) in [5.74, 6) is 0.166. The molecule has 2 atom stereocenters. The smallest absolute Gasteiger partial charge is 0.232 e. The minimum absolute atomic E-state index is 0.166. The molecule has 1 amide bonds. The topological polar surface area (TPSA) is 43.8 Å². The van der Waals surface area contributed by atoms with E-state index in [9.17, 15) is 9.90 Å². The summed E-state index contributed by atoms with van der Waals surface area (Å²) < 4.78 is 0. The van der Waals surface area contributed by atoms with Crippen LogP contribution in [-0.4, -0.2) is 41.6 Å². The fourth-order valence-corrected chi connectivity index (χ4v) is 3.84. The van der Waals surface area contributed by atoms with E-state index in [1.165, 1.54) is 18.4 Å². The largest absolute Gasteiger partial charge is 0.387 e. The molecule has 0 spiro atoms. The second kappa shape index (κ2) is 6.49. The number of aliphatic hydroxyl groups excluding tert-OH is 1. The number of carbonyl (C=O) groups excluding carboxylic acids is 1. The number of likely N-dealkylation sites (tertiary alicyclic amines) is 1. The zero-order chi connectivity index (χ0) is 17.5. The van der Waals surface area contributed by atoms with E-state index in [4.69, 9.17) is 0 Å². The molecular formula is C20H30N2O2. The average Bonchev–Trinajstić information content (AvgIpc) is 3.11. The SMILES string of the molecule is C[C@@H]1Cc2cc([C@H](O)CN3CCCC3)ccc2N1C(=O)C(C)(C)C. The maximum Gasteiger partial charge on any atom is 0.232 e. The molecule has 4 nitrogen and oxygen atoms in total. The van der Waals surface area contributed by atoms with Gasteiger partial charge in [0.2, 0.25) is 5.91 Å². The predicted molar refractivity (Wildman–Crippen MR) is 97.2 cm³/mol. The van der Waals surface area contributed by atoms with Crippen LogP contribution in [0.25, 0.3) is 0 Å². The molecule has 1 N–H and O–H groups in total. The molecule has 1 saturated heterocycles. The molecule has 0 unspecified atom stereocenters. The number of aliphatic hydroxyl groups is 1. The number of β-amino-alcohol motifs (C(OH)–C–C–N with tert-alkyl or cyclic N) is 1. The summed E-state index contributed by atoms with van der Waals surface area (Å²) in [6, 6.07) is 6.28. The van der Waals surface area contributed by atoms with E-state index in [1.54, 1.807) is 0 Å². The molecule has 4 heteroatoms. The van der Waals surface area contributed by atoms with Gasteiger partial charge < -0.3 is 14.9 Å². The molecule has 0 saturated carbocycles. The van der Waals surface area contributed by atoms with Crippen LogP contribution in [0.3, 0.4) is 0 Å². The van der Waals surface area contributed by atoms with Crippen molar-refractivity contribution < 1.29 is 9.90 Å². The summed E-state index contributed by atoms with van der Waals surface area (Å²) in [5, 5.41) is 10.6. The Kier molecular flexibility index (Phi) is 4.71. The van der Waals surface area contributed by atoms with Gasteiger partial charge in [-0.3, -0.25) is 4.79 Å². The summed E-state index contributed by atoms with van der Waals surface area (Å²) >= 11 is 0. The zero-order valence-electron chi connectivity index (χ0n) is 15.4. The Morgan fingerprint density at radius 3 is 2.58 bits per heavy atom. The highest BCUT2D eigenvalue weighted by Crippen LogP contribution is 2.37. The monoisotopic (exact) mass is 330 g/mol. The van der Waals surface area contributed by atoms with Crippen LogP contribution >= 0.6 is 0 Å². The standard InChI is InChI=1S/C20H30N2O2/c1-14-11-16-12-15(18(23)13-21-9-5-6-10-21)7-8-17(16)22(14)19(24)20(2,3)4/h7-8,12,14,18,23H,5-6,9-11,13H2,1-4H3/t14-,18-/m1/s1. The Morgan fingerprint density at radius 2 is 1.96 bits per heavy atom. The van der Waals surface area contributed by atoms with Gasteiger partial charge in [-0.25, -0.2) is 0 Å². The fourth-order valence-electron chi connectivity index (χ4n) is 3.84. The molecule has 132 valence electrons. The van der Waals surface area contributed by atoms with Gasteiger partial charge in [-0.15, -0.1) is 0 Å². The van der Waals surface area contributed by atoms with Gasteiger partial charge in [-0.2, -0.15) is 0 Å². The second-order valence-corrected chi connectivity index (χ2v) is 8.39. The van der Waals surface area contributed by atoms with Crippen LogP contribution in [0.15, 0.2) is 18.2 Å². The highest BCUT2D eigenvalue weighted by Gasteiger charge is 2.36. The summed E-state index contributed by atoms with van der Waals surface area (Å²) in [7, 11) is 0. The molecule has 3 rings (SSSR count). The van der Waals surface area contributed by atoms with Crippen LogP contribution in [0.1, 0.15) is 57.8 Å². The highest BCUT2D eigenvalue weighted by atomic mass is 16.3. The van der Waals surface area contributed by atoms with Gasteiger partial charge in [0, 0.05) is 23.7 Å². The first-order chi connectivity index (χ1) is 11.3. The quantitative estimate of drug-likeness (QED) is 0.926. The van der Waals surface area contributed by atoms with Crippen LogP contribution in [-0.2, 0) is 11.2 Å². The Labute approximate surface area is 145 Å². The lowest BCUT2D eigenvalue weighted by molar-refractivity contribution is -0.126. The molecule has 0 bridgehead atoms. The third-order valence-corrected chi connectivity index (χ3v) is 5.19. The van der Waals surface area contributed by atoms with Crippen molar-refractivity contribution in [1.82, 2.24) is 4.90 Å². The molecule has 2 heterocycles. The first-order valence-corrected chi connectivity index (χ1v) is 9.14. The Morgan fingerprint density at radius 1 is 1.29 bits per heavy atom. The van der Waals surface area contributed by atoms with Crippen molar-refractivity contribution in [3.8, 4) is 0 Å². The number of fused-ring (bicyclic) bond motifs is 1. The Bertz CT molecular complexity index is 615. The number of amides is 1. The van der Waals surface area contributed by atoms with Crippen LogP contribution in [0.5, 0.6) is 0 Å². The van der Waals surface area contributed by atoms with E-state index in [-0.39, 0.29) is 17.4 Å². The van der Waals surface area contributed by atoms with E-state index in [0.717, 1.165) is 30.8 Å². The van der Waals surface area contributed by atoms with E-state index in [0.29, 0.717) is 6.54 Å². The van der Waals surface area contributed by atoms with Crippen molar-refractivity contribution in [1.29, 1.82) is 0 Å². The molecule has 0 radical (unpaired) electrons.